The molecule has 0 heterocycles. The van der Waals surface area contributed by atoms with Crippen molar-refractivity contribution in [3.05, 3.63) is 0 Å². The molecule has 0 aromatic carbocycles. The number of amides is 1. The van der Waals surface area contributed by atoms with E-state index in [2.05, 4.69) is 4.74 Å². The van der Waals surface area contributed by atoms with Crippen LogP contribution in [0.3, 0.4) is 0 Å². The van der Waals surface area contributed by atoms with Gasteiger partial charge in [-0.15, -0.1) is 0 Å². The summed E-state index contributed by atoms with van der Waals surface area (Å²) in [5, 5.41) is 2.02. The number of rotatable bonds is 4. The van der Waals surface area contributed by atoms with Crippen LogP contribution in [-0.2, 0) is 9.47 Å². The van der Waals surface area contributed by atoms with Gasteiger partial charge in [-0.1, -0.05) is 0 Å². The van der Waals surface area contributed by atoms with E-state index in [4.69, 9.17) is 4.74 Å². The van der Waals surface area contributed by atoms with E-state index in [0.29, 0.717) is 0 Å². The van der Waals surface area contributed by atoms with Gasteiger partial charge in [-0.3, -0.25) is 0 Å². The summed E-state index contributed by atoms with van der Waals surface area (Å²) in [6.45, 7) is 5.57. The number of carbonyl (C=O) groups excluding carboxylic acids is 1. The second kappa shape index (κ2) is 6.09. The highest BCUT2D eigenvalue weighted by molar-refractivity contribution is 5.67. The number of hydrogen-bond acceptors (Lipinski definition) is 3. The van der Waals surface area contributed by atoms with Crippen LogP contribution in [0.1, 0.15) is 27.7 Å². The first kappa shape index (κ1) is 16.0. The first-order valence-electron chi connectivity index (χ1n) is 5.21. The van der Waals surface area contributed by atoms with Crippen LogP contribution in [0.5, 0.6) is 0 Å². The molecule has 0 spiro atoms. The van der Waals surface area contributed by atoms with Gasteiger partial charge in [-0.2, -0.15) is 13.2 Å². The number of halogens is 3. The van der Waals surface area contributed by atoms with E-state index in [1.807, 2.05) is 5.32 Å². The third-order valence-corrected chi connectivity index (χ3v) is 1.56. The van der Waals surface area contributed by atoms with Crippen LogP contribution in [0.2, 0.25) is 0 Å². The molecule has 1 atom stereocenters. The fourth-order valence-corrected chi connectivity index (χ4v) is 0.961. The Morgan fingerprint density at radius 3 is 2.18 bits per heavy atom. The molecule has 0 saturated heterocycles. The van der Waals surface area contributed by atoms with Crippen LogP contribution in [0.15, 0.2) is 0 Å². The average Bonchev–Trinajstić information content (AvgIpc) is 2.07. The Kier molecular flexibility index (Phi) is 5.74. The van der Waals surface area contributed by atoms with Crippen molar-refractivity contribution in [2.45, 2.75) is 45.6 Å². The first-order chi connectivity index (χ1) is 7.56. The van der Waals surface area contributed by atoms with E-state index in [0.717, 1.165) is 0 Å². The molecule has 0 aliphatic rings. The summed E-state index contributed by atoms with van der Waals surface area (Å²) in [4.78, 5) is 11.1. The fraction of sp³-hybridized carbons (Fsp3) is 0.900. The summed E-state index contributed by atoms with van der Waals surface area (Å²) in [6.07, 6.45) is -7.42. The van der Waals surface area contributed by atoms with Crippen molar-refractivity contribution in [3.63, 3.8) is 0 Å². The standard InChI is InChI=1S/C10H18F3NO3/c1-5-16-7(10(11,12)13)6-14-8(15)17-9(2,3)4/h7H,5-6H2,1-4H3,(H,14,15). The Bertz CT molecular complexity index is 248. The zero-order chi connectivity index (χ0) is 13.7. The van der Waals surface area contributed by atoms with E-state index in [-0.39, 0.29) is 6.61 Å². The Balaban J connectivity index is 4.18. The molecule has 1 amide bonds. The molecule has 4 nitrogen and oxygen atoms in total. The number of nitrogens with one attached hydrogen (secondary N) is 1. The van der Waals surface area contributed by atoms with Crippen LogP contribution in [0.25, 0.3) is 0 Å². The number of ether oxygens (including phenoxy) is 2. The summed E-state index contributed by atoms with van der Waals surface area (Å²) in [5.41, 5.74) is -0.747. The molecule has 0 rings (SSSR count). The van der Waals surface area contributed by atoms with Crippen LogP contribution < -0.4 is 5.32 Å². The van der Waals surface area contributed by atoms with Gasteiger partial charge in [0.15, 0.2) is 6.10 Å². The smallest absolute Gasteiger partial charge is 0.416 e. The largest absolute Gasteiger partial charge is 0.444 e. The molecule has 0 aromatic heterocycles. The summed E-state index contributed by atoms with van der Waals surface area (Å²) in [6, 6.07) is 0. The van der Waals surface area contributed by atoms with E-state index >= 15 is 0 Å². The van der Waals surface area contributed by atoms with Crippen molar-refractivity contribution in [3.8, 4) is 0 Å². The lowest BCUT2D eigenvalue weighted by molar-refractivity contribution is -0.216. The molecule has 17 heavy (non-hydrogen) atoms. The second-order valence-electron chi connectivity index (χ2n) is 4.37. The van der Waals surface area contributed by atoms with Gasteiger partial charge in [0.05, 0.1) is 6.54 Å². The minimum Gasteiger partial charge on any atom is -0.444 e. The molecule has 0 saturated carbocycles. The third-order valence-electron chi connectivity index (χ3n) is 1.56. The monoisotopic (exact) mass is 257 g/mol. The Labute approximate surface area is 98.5 Å². The van der Waals surface area contributed by atoms with Crippen LogP contribution >= 0.6 is 0 Å². The lowest BCUT2D eigenvalue weighted by atomic mass is 10.2. The molecule has 0 radical (unpaired) electrons. The minimum absolute atomic E-state index is 0.0832. The number of alkyl carbamates (subject to hydrolysis) is 1. The van der Waals surface area contributed by atoms with Crippen LogP contribution in [0, 0.1) is 0 Å². The molecule has 0 bridgehead atoms. The normalized spacial score (nSPS) is 14.3. The van der Waals surface area contributed by atoms with Crippen molar-refractivity contribution in [1.82, 2.24) is 5.32 Å². The molecular weight excluding hydrogens is 239 g/mol. The van der Waals surface area contributed by atoms with Gasteiger partial charge in [0.2, 0.25) is 0 Å². The van der Waals surface area contributed by atoms with Crippen molar-refractivity contribution in [1.29, 1.82) is 0 Å². The minimum atomic E-state index is -4.51. The van der Waals surface area contributed by atoms with E-state index in [1.165, 1.54) is 6.92 Å². The molecule has 0 aromatic rings. The predicted molar refractivity (Wildman–Crippen MR) is 55.7 cm³/mol. The highest BCUT2D eigenvalue weighted by Crippen LogP contribution is 2.22. The molecule has 0 aliphatic carbocycles. The zero-order valence-corrected chi connectivity index (χ0v) is 10.4. The van der Waals surface area contributed by atoms with Gasteiger partial charge < -0.3 is 14.8 Å². The van der Waals surface area contributed by atoms with Crippen LogP contribution in [0.4, 0.5) is 18.0 Å². The SMILES string of the molecule is CCOC(CNC(=O)OC(C)(C)C)C(F)(F)F. The highest BCUT2D eigenvalue weighted by atomic mass is 19.4. The van der Waals surface area contributed by atoms with Crippen molar-refractivity contribution in [2.24, 2.45) is 0 Å². The summed E-state index contributed by atoms with van der Waals surface area (Å²) < 4.78 is 46.4. The van der Waals surface area contributed by atoms with Gasteiger partial charge in [0.25, 0.3) is 0 Å². The van der Waals surface area contributed by atoms with Gasteiger partial charge >= 0.3 is 12.3 Å². The van der Waals surface area contributed by atoms with E-state index in [1.54, 1.807) is 20.8 Å². The Morgan fingerprint density at radius 1 is 1.29 bits per heavy atom. The number of hydrogen-bond donors (Lipinski definition) is 1. The molecule has 102 valence electrons. The van der Waals surface area contributed by atoms with E-state index < -0.39 is 30.5 Å². The molecule has 7 heteroatoms. The third kappa shape index (κ3) is 7.84. The predicted octanol–water partition coefficient (Wildman–Crippen LogP) is 2.48. The topological polar surface area (TPSA) is 47.6 Å². The molecule has 0 aliphatic heterocycles. The van der Waals surface area contributed by atoms with Crippen molar-refractivity contribution >= 4 is 6.09 Å². The number of alkyl halides is 3. The average molecular weight is 257 g/mol. The van der Waals surface area contributed by atoms with Crippen molar-refractivity contribution < 1.29 is 27.4 Å². The van der Waals surface area contributed by atoms with E-state index in [9.17, 15) is 18.0 Å². The van der Waals surface area contributed by atoms with Crippen molar-refractivity contribution in [2.75, 3.05) is 13.2 Å². The fourth-order valence-electron chi connectivity index (χ4n) is 0.961. The van der Waals surface area contributed by atoms with Gasteiger partial charge in [-0.25, -0.2) is 4.79 Å². The highest BCUT2D eigenvalue weighted by Gasteiger charge is 2.40. The molecular formula is C10H18F3NO3. The summed E-state index contributed by atoms with van der Waals surface area (Å²) >= 11 is 0. The molecule has 1 N–H and O–H groups in total. The lowest BCUT2D eigenvalue weighted by Gasteiger charge is -2.23. The van der Waals surface area contributed by atoms with Gasteiger partial charge in [0, 0.05) is 6.61 Å². The summed E-state index contributed by atoms with van der Waals surface area (Å²) in [5.74, 6) is 0. The molecule has 1 unspecified atom stereocenters. The molecule has 0 fully saturated rings. The lowest BCUT2D eigenvalue weighted by Crippen LogP contribution is -2.44. The quantitative estimate of drug-likeness (QED) is 0.841. The number of carbonyl (C=O) groups is 1. The Hall–Kier alpha value is -0.980. The zero-order valence-electron chi connectivity index (χ0n) is 10.4. The maximum atomic E-state index is 12.4. The van der Waals surface area contributed by atoms with Crippen LogP contribution in [-0.4, -0.2) is 37.1 Å². The summed E-state index contributed by atoms with van der Waals surface area (Å²) in [7, 11) is 0. The Morgan fingerprint density at radius 2 is 1.82 bits per heavy atom. The van der Waals surface area contributed by atoms with Gasteiger partial charge in [0.1, 0.15) is 5.60 Å². The second-order valence-corrected chi connectivity index (χ2v) is 4.37. The first-order valence-corrected chi connectivity index (χ1v) is 5.21. The van der Waals surface area contributed by atoms with Gasteiger partial charge in [-0.05, 0) is 27.7 Å². The maximum absolute atomic E-state index is 12.4. The maximum Gasteiger partial charge on any atom is 0.416 e.